The molecule has 1 amide bonds. The number of amides is 1. The Balaban J connectivity index is 1.96. The molecule has 5 heteroatoms. The van der Waals surface area contributed by atoms with Crippen LogP contribution in [-0.4, -0.2) is 28.8 Å². The molecule has 0 saturated carbocycles. The minimum Gasteiger partial charge on any atom is -0.349 e. The van der Waals surface area contributed by atoms with Crippen molar-refractivity contribution in [1.29, 1.82) is 0 Å². The Bertz CT molecular complexity index is 673. The van der Waals surface area contributed by atoms with Gasteiger partial charge in [0.05, 0.1) is 5.69 Å². The van der Waals surface area contributed by atoms with E-state index in [0.29, 0.717) is 18.8 Å². The van der Waals surface area contributed by atoms with Gasteiger partial charge in [0.15, 0.2) is 5.69 Å². The normalized spacial score (nSPS) is 13.2. The molecular weight excluding hydrogens is 276 g/mol. The van der Waals surface area contributed by atoms with Crippen LogP contribution < -0.4 is 11.1 Å². The van der Waals surface area contributed by atoms with Gasteiger partial charge in [-0.2, -0.15) is 5.10 Å². The maximum atomic E-state index is 12.3. The van der Waals surface area contributed by atoms with Crippen molar-refractivity contribution >= 4 is 5.91 Å². The van der Waals surface area contributed by atoms with Crippen molar-refractivity contribution in [2.45, 2.75) is 32.6 Å². The van der Waals surface area contributed by atoms with Gasteiger partial charge < -0.3 is 11.1 Å². The highest BCUT2D eigenvalue weighted by Gasteiger charge is 2.26. The van der Waals surface area contributed by atoms with E-state index in [4.69, 9.17) is 5.73 Å². The van der Waals surface area contributed by atoms with Crippen LogP contribution in [0.2, 0.25) is 0 Å². The van der Waals surface area contributed by atoms with Gasteiger partial charge in [-0.1, -0.05) is 19.1 Å². The minimum atomic E-state index is -0.118. The van der Waals surface area contributed by atoms with Gasteiger partial charge in [0.1, 0.15) is 0 Å². The number of fused-ring (bicyclic) bond motifs is 1. The molecule has 1 aliphatic carbocycles. The molecule has 0 fully saturated rings. The average Bonchev–Trinajstić information content (AvgIpc) is 3.15. The number of nitrogens with zero attached hydrogens (tertiary/aromatic N) is 2. The highest BCUT2D eigenvalue weighted by molar-refractivity contribution is 5.94. The van der Waals surface area contributed by atoms with Gasteiger partial charge in [0.2, 0.25) is 0 Å². The first-order valence-electron chi connectivity index (χ1n) is 7.93. The number of hydrogen-bond acceptors (Lipinski definition) is 3. The molecule has 22 heavy (non-hydrogen) atoms. The zero-order valence-electron chi connectivity index (χ0n) is 12.9. The molecule has 0 atom stereocenters. The molecule has 1 heterocycles. The molecule has 0 aliphatic heterocycles. The topological polar surface area (TPSA) is 72.9 Å². The highest BCUT2D eigenvalue weighted by atomic mass is 16.1. The number of rotatable bonds is 5. The van der Waals surface area contributed by atoms with Crippen LogP contribution in [0.15, 0.2) is 24.3 Å². The van der Waals surface area contributed by atoms with Gasteiger partial charge in [-0.3, -0.25) is 4.79 Å². The number of aryl methyl sites for hydroxylation is 1. The highest BCUT2D eigenvalue weighted by Crippen LogP contribution is 2.27. The molecule has 0 unspecified atom stereocenters. The van der Waals surface area contributed by atoms with Gasteiger partial charge in [0.25, 0.3) is 5.91 Å². The van der Waals surface area contributed by atoms with Crippen molar-refractivity contribution in [1.82, 2.24) is 15.1 Å². The second-order valence-electron chi connectivity index (χ2n) is 5.60. The fourth-order valence-electron chi connectivity index (χ4n) is 2.98. The first kappa shape index (κ1) is 14.8. The van der Waals surface area contributed by atoms with Gasteiger partial charge in [-0.25, -0.2) is 4.68 Å². The molecular formula is C17H22N4O. The van der Waals surface area contributed by atoms with Crippen LogP contribution in [0.25, 0.3) is 5.69 Å². The van der Waals surface area contributed by atoms with Crippen LogP contribution in [-0.2, 0) is 19.3 Å². The molecule has 1 aromatic carbocycles. The van der Waals surface area contributed by atoms with E-state index in [1.165, 1.54) is 11.3 Å². The molecule has 0 radical (unpaired) electrons. The molecule has 3 rings (SSSR count). The molecule has 0 spiro atoms. The summed E-state index contributed by atoms with van der Waals surface area (Å²) < 4.78 is 1.93. The Morgan fingerprint density at radius 2 is 2.09 bits per heavy atom. The summed E-state index contributed by atoms with van der Waals surface area (Å²) in [5.74, 6) is -0.118. The number of carbonyl (C=O) groups is 1. The monoisotopic (exact) mass is 298 g/mol. The van der Waals surface area contributed by atoms with Crippen LogP contribution in [0.4, 0.5) is 0 Å². The molecule has 2 aromatic rings. The van der Waals surface area contributed by atoms with E-state index in [1.807, 2.05) is 4.68 Å². The molecule has 1 aliphatic rings. The van der Waals surface area contributed by atoms with E-state index in [9.17, 15) is 4.79 Å². The summed E-state index contributed by atoms with van der Waals surface area (Å²) in [5, 5.41) is 7.40. The Kier molecular flexibility index (Phi) is 4.24. The molecule has 5 nitrogen and oxygen atoms in total. The van der Waals surface area contributed by atoms with E-state index in [-0.39, 0.29) is 5.91 Å². The molecule has 3 N–H and O–H groups in total. The second kappa shape index (κ2) is 6.32. The number of nitrogens with one attached hydrogen (secondary N) is 1. The SMILES string of the molecule is CCc1ccc(-n2nc(C(=O)NCCN)c3c2CCC3)cc1. The third-order valence-electron chi connectivity index (χ3n) is 4.16. The quantitative estimate of drug-likeness (QED) is 0.881. The molecule has 116 valence electrons. The van der Waals surface area contributed by atoms with E-state index >= 15 is 0 Å². The van der Waals surface area contributed by atoms with E-state index in [0.717, 1.165) is 36.9 Å². The van der Waals surface area contributed by atoms with Gasteiger partial charge >= 0.3 is 0 Å². The van der Waals surface area contributed by atoms with Gasteiger partial charge in [-0.05, 0) is 43.4 Å². The standard InChI is InChI=1S/C17H22N4O/c1-2-12-6-8-13(9-7-12)21-15-5-3-4-14(15)16(20-21)17(22)19-11-10-18/h6-9H,2-5,10-11,18H2,1H3,(H,19,22). The first-order valence-corrected chi connectivity index (χ1v) is 7.93. The van der Waals surface area contributed by atoms with Crippen molar-refractivity contribution in [3.63, 3.8) is 0 Å². The lowest BCUT2D eigenvalue weighted by Crippen LogP contribution is -2.30. The fourth-order valence-corrected chi connectivity index (χ4v) is 2.98. The number of benzene rings is 1. The Labute approximate surface area is 130 Å². The summed E-state index contributed by atoms with van der Waals surface area (Å²) in [6.07, 6.45) is 4.00. The predicted octanol–water partition coefficient (Wildman–Crippen LogP) is 1.61. The van der Waals surface area contributed by atoms with Crippen molar-refractivity contribution < 1.29 is 4.79 Å². The smallest absolute Gasteiger partial charge is 0.272 e. The number of hydrogen-bond donors (Lipinski definition) is 2. The fraction of sp³-hybridized carbons (Fsp3) is 0.412. The lowest BCUT2D eigenvalue weighted by Gasteiger charge is -2.06. The van der Waals surface area contributed by atoms with Crippen LogP contribution in [0, 0.1) is 0 Å². The average molecular weight is 298 g/mol. The van der Waals surface area contributed by atoms with E-state index < -0.39 is 0 Å². The summed E-state index contributed by atoms with van der Waals surface area (Å²) in [5.41, 5.74) is 10.6. The molecule has 0 bridgehead atoms. The van der Waals surface area contributed by atoms with Crippen LogP contribution >= 0.6 is 0 Å². The summed E-state index contributed by atoms with van der Waals surface area (Å²) in [6, 6.07) is 8.39. The molecule has 0 saturated heterocycles. The minimum absolute atomic E-state index is 0.118. The molecule has 1 aromatic heterocycles. The maximum Gasteiger partial charge on any atom is 0.272 e. The van der Waals surface area contributed by atoms with Crippen molar-refractivity contribution in [2.24, 2.45) is 5.73 Å². The third-order valence-corrected chi connectivity index (χ3v) is 4.16. The Morgan fingerprint density at radius 1 is 1.32 bits per heavy atom. The van der Waals surface area contributed by atoms with E-state index in [2.05, 4.69) is 41.6 Å². The second-order valence-corrected chi connectivity index (χ2v) is 5.60. The van der Waals surface area contributed by atoms with Crippen LogP contribution in [0.3, 0.4) is 0 Å². The lowest BCUT2D eigenvalue weighted by molar-refractivity contribution is 0.0948. The van der Waals surface area contributed by atoms with Crippen LogP contribution in [0.5, 0.6) is 0 Å². The van der Waals surface area contributed by atoms with E-state index in [1.54, 1.807) is 0 Å². The first-order chi connectivity index (χ1) is 10.7. The Hall–Kier alpha value is -2.14. The summed E-state index contributed by atoms with van der Waals surface area (Å²) in [6.45, 7) is 3.05. The summed E-state index contributed by atoms with van der Waals surface area (Å²) >= 11 is 0. The zero-order valence-corrected chi connectivity index (χ0v) is 12.9. The third kappa shape index (κ3) is 2.64. The van der Waals surface area contributed by atoms with Crippen molar-refractivity contribution in [2.75, 3.05) is 13.1 Å². The van der Waals surface area contributed by atoms with Gasteiger partial charge in [0, 0.05) is 24.3 Å². The summed E-state index contributed by atoms with van der Waals surface area (Å²) in [7, 11) is 0. The predicted molar refractivity (Wildman–Crippen MR) is 86.4 cm³/mol. The summed E-state index contributed by atoms with van der Waals surface area (Å²) in [4.78, 5) is 12.3. The lowest BCUT2D eigenvalue weighted by atomic mass is 10.1. The van der Waals surface area contributed by atoms with Crippen molar-refractivity contribution in [3.8, 4) is 5.69 Å². The number of nitrogens with two attached hydrogens (primary N) is 1. The van der Waals surface area contributed by atoms with Crippen molar-refractivity contribution in [3.05, 3.63) is 46.8 Å². The Morgan fingerprint density at radius 3 is 2.77 bits per heavy atom. The van der Waals surface area contributed by atoms with Crippen LogP contribution in [0.1, 0.15) is 40.7 Å². The van der Waals surface area contributed by atoms with Gasteiger partial charge in [-0.15, -0.1) is 0 Å². The largest absolute Gasteiger partial charge is 0.349 e. The number of aromatic nitrogens is 2. The number of carbonyl (C=O) groups excluding carboxylic acids is 1. The zero-order chi connectivity index (χ0) is 15.5. The maximum absolute atomic E-state index is 12.3.